The Labute approximate surface area is 132 Å². The van der Waals surface area contributed by atoms with E-state index in [9.17, 15) is 9.59 Å². The molecule has 2 amide bonds. The largest absolute Gasteiger partial charge is 0.396 e. The molecule has 0 bridgehead atoms. The summed E-state index contributed by atoms with van der Waals surface area (Å²) in [5.74, 6) is 0.244. The molecule has 0 fully saturated rings. The van der Waals surface area contributed by atoms with Crippen molar-refractivity contribution in [2.24, 2.45) is 5.92 Å². The van der Waals surface area contributed by atoms with Crippen molar-refractivity contribution in [3.63, 3.8) is 0 Å². The van der Waals surface area contributed by atoms with Gasteiger partial charge in [0.15, 0.2) is 0 Å². The first-order chi connectivity index (χ1) is 10.6. The van der Waals surface area contributed by atoms with Crippen LogP contribution in [0.5, 0.6) is 0 Å². The van der Waals surface area contributed by atoms with Gasteiger partial charge in [0.25, 0.3) is 5.91 Å². The third-order valence-electron chi connectivity index (χ3n) is 3.68. The second-order valence-electron chi connectivity index (χ2n) is 5.35. The fourth-order valence-corrected chi connectivity index (χ4v) is 2.14. The van der Waals surface area contributed by atoms with E-state index in [1.807, 2.05) is 0 Å². The average Bonchev–Trinajstić information content (AvgIpc) is 2.53. The van der Waals surface area contributed by atoms with Crippen molar-refractivity contribution < 1.29 is 14.7 Å². The zero-order valence-corrected chi connectivity index (χ0v) is 13.4. The summed E-state index contributed by atoms with van der Waals surface area (Å²) in [6.45, 7) is 4.68. The molecule has 0 radical (unpaired) electrons. The van der Waals surface area contributed by atoms with Crippen LogP contribution in [-0.4, -0.2) is 30.1 Å². The van der Waals surface area contributed by atoms with Gasteiger partial charge in [0.05, 0.1) is 0 Å². The lowest BCUT2D eigenvalue weighted by Crippen LogP contribution is -2.25. The molecule has 3 N–H and O–H groups in total. The number of hydrogen-bond donors (Lipinski definition) is 3. The zero-order valence-electron chi connectivity index (χ0n) is 13.4. The number of carbonyl (C=O) groups is 2. The van der Waals surface area contributed by atoms with Crippen LogP contribution in [0.15, 0.2) is 24.3 Å². The molecule has 0 heterocycles. The molecule has 22 heavy (non-hydrogen) atoms. The lowest BCUT2D eigenvalue weighted by Gasteiger charge is -2.12. The van der Waals surface area contributed by atoms with E-state index < -0.39 is 0 Å². The minimum Gasteiger partial charge on any atom is -0.396 e. The Hall–Kier alpha value is -1.88. The summed E-state index contributed by atoms with van der Waals surface area (Å²) in [4.78, 5) is 23.7. The number of benzene rings is 1. The first-order valence-electron chi connectivity index (χ1n) is 7.89. The van der Waals surface area contributed by atoms with Crippen LogP contribution in [-0.2, 0) is 4.79 Å². The molecule has 0 aromatic heterocycles. The standard InChI is InChI=1S/C17H26N2O3/c1-3-13(4-2)12-16(21)19-15-8-6-14(7-9-15)17(22)18-10-5-11-20/h6-9,13,20H,3-5,10-12H2,1-2H3,(H,18,22)(H,19,21). The summed E-state index contributed by atoms with van der Waals surface area (Å²) in [5.41, 5.74) is 1.23. The van der Waals surface area contributed by atoms with Crippen LogP contribution < -0.4 is 10.6 Å². The normalized spacial score (nSPS) is 10.5. The highest BCUT2D eigenvalue weighted by Gasteiger charge is 2.11. The fraction of sp³-hybridized carbons (Fsp3) is 0.529. The first kappa shape index (κ1) is 18.2. The summed E-state index contributed by atoms with van der Waals surface area (Å²) in [5, 5.41) is 14.2. The maximum Gasteiger partial charge on any atom is 0.251 e. The summed E-state index contributed by atoms with van der Waals surface area (Å²) in [6.07, 6.45) is 3.06. The molecule has 1 aromatic carbocycles. The maximum atomic E-state index is 11.9. The van der Waals surface area contributed by atoms with E-state index in [2.05, 4.69) is 24.5 Å². The van der Waals surface area contributed by atoms with Gasteiger partial charge >= 0.3 is 0 Å². The van der Waals surface area contributed by atoms with Gasteiger partial charge in [-0.15, -0.1) is 0 Å². The highest BCUT2D eigenvalue weighted by Crippen LogP contribution is 2.15. The summed E-state index contributed by atoms with van der Waals surface area (Å²) >= 11 is 0. The Kier molecular flexibility index (Phi) is 8.22. The summed E-state index contributed by atoms with van der Waals surface area (Å²) in [7, 11) is 0. The topological polar surface area (TPSA) is 78.4 Å². The fourth-order valence-electron chi connectivity index (χ4n) is 2.14. The monoisotopic (exact) mass is 306 g/mol. The third kappa shape index (κ3) is 6.26. The highest BCUT2D eigenvalue weighted by atomic mass is 16.3. The van der Waals surface area contributed by atoms with Crippen molar-refractivity contribution in [1.82, 2.24) is 5.32 Å². The van der Waals surface area contributed by atoms with E-state index in [0.29, 0.717) is 36.6 Å². The molecule has 5 nitrogen and oxygen atoms in total. The number of aliphatic hydroxyl groups excluding tert-OH is 1. The van der Waals surface area contributed by atoms with Crippen LogP contribution in [0, 0.1) is 5.92 Å². The number of amides is 2. The second kappa shape index (κ2) is 9.95. The Bertz CT molecular complexity index is 467. The second-order valence-corrected chi connectivity index (χ2v) is 5.35. The molecule has 0 saturated heterocycles. The number of anilines is 1. The highest BCUT2D eigenvalue weighted by molar-refractivity contribution is 5.95. The Morgan fingerprint density at radius 3 is 2.32 bits per heavy atom. The number of hydrogen-bond acceptors (Lipinski definition) is 3. The molecule has 0 spiro atoms. The molecule has 0 atom stereocenters. The number of nitrogens with one attached hydrogen (secondary N) is 2. The van der Waals surface area contributed by atoms with E-state index in [1.54, 1.807) is 24.3 Å². The molecule has 1 rings (SSSR count). The molecule has 122 valence electrons. The summed E-state index contributed by atoms with van der Waals surface area (Å²) in [6, 6.07) is 6.82. The van der Waals surface area contributed by atoms with Gasteiger partial charge in [0.2, 0.25) is 5.91 Å². The van der Waals surface area contributed by atoms with Gasteiger partial charge in [-0.05, 0) is 36.6 Å². The lowest BCUT2D eigenvalue weighted by molar-refractivity contribution is -0.117. The number of rotatable bonds is 9. The van der Waals surface area contributed by atoms with Crippen molar-refractivity contribution in [1.29, 1.82) is 0 Å². The van der Waals surface area contributed by atoms with Crippen molar-refractivity contribution in [3.05, 3.63) is 29.8 Å². The van der Waals surface area contributed by atoms with Gasteiger partial charge < -0.3 is 15.7 Å². The number of aliphatic hydroxyl groups is 1. The predicted molar refractivity (Wildman–Crippen MR) is 87.8 cm³/mol. The van der Waals surface area contributed by atoms with Crippen LogP contribution in [0.3, 0.4) is 0 Å². The Morgan fingerprint density at radius 2 is 1.77 bits per heavy atom. The minimum absolute atomic E-state index is 0.00819. The number of carbonyl (C=O) groups excluding carboxylic acids is 2. The predicted octanol–water partition coefficient (Wildman–Crippen LogP) is 2.56. The van der Waals surface area contributed by atoms with Crippen molar-refractivity contribution >= 4 is 17.5 Å². The Balaban J connectivity index is 2.50. The smallest absolute Gasteiger partial charge is 0.251 e. The van der Waals surface area contributed by atoms with Gasteiger partial charge in [-0.2, -0.15) is 0 Å². The van der Waals surface area contributed by atoms with Crippen LogP contribution in [0.25, 0.3) is 0 Å². The Morgan fingerprint density at radius 1 is 1.14 bits per heavy atom. The van der Waals surface area contributed by atoms with Crippen molar-refractivity contribution in [2.75, 3.05) is 18.5 Å². The van der Waals surface area contributed by atoms with Crippen LogP contribution in [0.2, 0.25) is 0 Å². The van der Waals surface area contributed by atoms with Crippen molar-refractivity contribution in [3.8, 4) is 0 Å². The molecule has 0 unspecified atom stereocenters. The summed E-state index contributed by atoms with van der Waals surface area (Å²) < 4.78 is 0. The van der Waals surface area contributed by atoms with E-state index in [4.69, 9.17) is 5.11 Å². The molecule has 1 aromatic rings. The quantitative estimate of drug-likeness (QED) is 0.614. The van der Waals surface area contributed by atoms with Crippen LogP contribution in [0.1, 0.15) is 49.9 Å². The van der Waals surface area contributed by atoms with Crippen LogP contribution in [0.4, 0.5) is 5.69 Å². The van der Waals surface area contributed by atoms with E-state index in [0.717, 1.165) is 12.8 Å². The maximum absolute atomic E-state index is 11.9. The van der Waals surface area contributed by atoms with Gasteiger partial charge in [-0.1, -0.05) is 26.7 Å². The lowest BCUT2D eigenvalue weighted by atomic mass is 9.99. The van der Waals surface area contributed by atoms with Crippen molar-refractivity contribution in [2.45, 2.75) is 39.5 Å². The molecule has 0 aliphatic heterocycles. The third-order valence-corrected chi connectivity index (χ3v) is 3.68. The minimum atomic E-state index is -0.177. The molecule has 0 saturated carbocycles. The first-order valence-corrected chi connectivity index (χ1v) is 7.89. The molecule has 0 aliphatic carbocycles. The van der Waals surface area contributed by atoms with Gasteiger partial charge in [-0.25, -0.2) is 0 Å². The SMILES string of the molecule is CCC(CC)CC(=O)Nc1ccc(C(=O)NCCCO)cc1. The molecule has 0 aliphatic rings. The average molecular weight is 306 g/mol. The van der Waals surface area contributed by atoms with E-state index in [-0.39, 0.29) is 18.4 Å². The zero-order chi connectivity index (χ0) is 16.4. The molecular formula is C17H26N2O3. The van der Waals surface area contributed by atoms with Gasteiger partial charge in [-0.3, -0.25) is 9.59 Å². The van der Waals surface area contributed by atoms with Gasteiger partial charge in [0.1, 0.15) is 0 Å². The van der Waals surface area contributed by atoms with Gasteiger partial charge in [0, 0.05) is 30.8 Å². The van der Waals surface area contributed by atoms with Crippen LogP contribution >= 0.6 is 0 Å². The van der Waals surface area contributed by atoms with E-state index in [1.165, 1.54) is 0 Å². The molecule has 5 heteroatoms. The molecular weight excluding hydrogens is 280 g/mol. The van der Waals surface area contributed by atoms with E-state index >= 15 is 0 Å².